The molecule has 1 saturated heterocycles. The normalized spacial score (nSPS) is 18.8. The van der Waals surface area contributed by atoms with Gasteiger partial charge in [0.2, 0.25) is 0 Å². The number of likely N-dealkylation sites (tertiary alicyclic amines) is 1. The number of likely N-dealkylation sites (N-methyl/N-ethyl adjacent to an activating group) is 1. The number of piperidine rings is 1. The predicted octanol–water partition coefficient (Wildman–Crippen LogP) is 2.00. The van der Waals surface area contributed by atoms with Crippen molar-refractivity contribution < 1.29 is 5.11 Å². The van der Waals surface area contributed by atoms with E-state index in [4.69, 9.17) is 11.1 Å². The second kappa shape index (κ2) is 10.5. The highest BCUT2D eigenvalue weighted by atomic mass is 16.3. The Hall–Kier alpha value is -2.21. The van der Waals surface area contributed by atoms with Gasteiger partial charge in [0, 0.05) is 26.2 Å². The third-order valence-corrected chi connectivity index (χ3v) is 4.05. The zero-order chi connectivity index (χ0) is 17.9. The molecule has 1 unspecified atom stereocenters. The summed E-state index contributed by atoms with van der Waals surface area (Å²) < 4.78 is 0. The van der Waals surface area contributed by atoms with Crippen molar-refractivity contribution in [2.45, 2.75) is 32.2 Å². The molecule has 1 heterocycles. The highest BCUT2D eigenvalue weighted by molar-refractivity contribution is 5.99. The Morgan fingerprint density at radius 3 is 2.42 bits per heavy atom. The molecule has 6 N–H and O–H groups in total. The lowest BCUT2D eigenvalue weighted by Crippen LogP contribution is -2.38. The van der Waals surface area contributed by atoms with E-state index in [1.54, 1.807) is 12.2 Å². The van der Waals surface area contributed by atoms with Gasteiger partial charge in [-0.1, -0.05) is 0 Å². The molecule has 1 atom stereocenters. The number of aliphatic hydroxyl groups excluding tert-OH is 1. The Morgan fingerprint density at radius 1 is 1.21 bits per heavy atom. The maximum Gasteiger partial charge on any atom is 0.115 e. The van der Waals surface area contributed by atoms with Gasteiger partial charge in [-0.25, -0.2) is 0 Å². The summed E-state index contributed by atoms with van der Waals surface area (Å²) in [5.74, 6) is 1.08. The van der Waals surface area contributed by atoms with E-state index < -0.39 is 0 Å². The van der Waals surface area contributed by atoms with Crippen LogP contribution in [0.4, 0.5) is 0 Å². The molecule has 0 radical (unpaired) electrons. The summed E-state index contributed by atoms with van der Waals surface area (Å²) in [5.41, 5.74) is 6.56. The highest BCUT2D eigenvalue weighted by Crippen LogP contribution is 2.14. The lowest BCUT2D eigenvalue weighted by molar-refractivity contribution is 0.272. The van der Waals surface area contributed by atoms with E-state index >= 15 is 0 Å². The van der Waals surface area contributed by atoms with Crippen molar-refractivity contribution >= 4 is 5.71 Å². The van der Waals surface area contributed by atoms with Gasteiger partial charge in [0.1, 0.15) is 11.6 Å². The molecule has 1 aliphatic heterocycles. The molecule has 6 nitrogen and oxygen atoms in total. The largest absolute Gasteiger partial charge is 0.508 e. The van der Waals surface area contributed by atoms with Crippen LogP contribution < -0.4 is 16.4 Å². The SMILES string of the molecule is CN/C(=C\C(=N)C(NC)/C(C)=C/C(O)=C\C=C\N)N1CCCCC1. The minimum atomic E-state index is -0.268. The van der Waals surface area contributed by atoms with Crippen LogP contribution in [0.5, 0.6) is 0 Å². The minimum absolute atomic E-state index is 0.108. The smallest absolute Gasteiger partial charge is 0.115 e. The van der Waals surface area contributed by atoms with Crippen LogP contribution >= 0.6 is 0 Å². The third kappa shape index (κ3) is 6.12. The Bertz CT molecular complexity index is 528. The molecule has 0 aromatic heterocycles. The van der Waals surface area contributed by atoms with Gasteiger partial charge in [-0.3, -0.25) is 0 Å². The number of rotatable bonds is 8. The van der Waals surface area contributed by atoms with Gasteiger partial charge in [0.15, 0.2) is 0 Å². The fourth-order valence-corrected chi connectivity index (χ4v) is 2.83. The molecule has 134 valence electrons. The second-order valence-corrected chi connectivity index (χ2v) is 5.87. The van der Waals surface area contributed by atoms with Gasteiger partial charge >= 0.3 is 0 Å². The van der Waals surface area contributed by atoms with Crippen molar-refractivity contribution in [2.75, 3.05) is 27.2 Å². The fraction of sp³-hybridized carbons (Fsp3) is 0.500. The zero-order valence-corrected chi connectivity index (χ0v) is 15.0. The maximum absolute atomic E-state index is 9.85. The molecule has 6 heteroatoms. The molecular weight excluding hydrogens is 302 g/mol. The summed E-state index contributed by atoms with van der Waals surface area (Å²) >= 11 is 0. The lowest BCUT2D eigenvalue weighted by atomic mass is 10.0. The van der Waals surface area contributed by atoms with Crippen LogP contribution in [0, 0.1) is 5.41 Å². The molecule has 0 aliphatic carbocycles. The number of aliphatic hydroxyl groups is 1. The van der Waals surface area contributed by atoms with Gasteiger partial charge in [-0.05, 0) is 63.2 Å². The number of nitrogens with two attached hydrogens (primary N) is 1. The van der Waals surface area contributed by atoms with Crippen LogP contribution in [0.1, 0.15) is 26.2 Å². The first-order valence-corrected chi connectivity index (χ1v) is 8.39. The Kier molecular flexibility index (Phi) is 8.71. The third-order valence-electron chi connectivity index (χ3n) is 4.05. The van der Waals surface area contributed by atoms with Crippen LogP contribution in [-0.2, 0) is 0 Å². The first kappa shape index (κ1) is 19.8. The molecule has 1 aliphatic rings. The summed E-state index contributed by atoms with van der Waals surface area (Å²) in [5, 5.41) is 24.6. The minimum Gasteiger partial charge on any atom is -0.508 e. The second-order valence-electron chi connectivity index (χ2n) is 5.87. The number of allylic oxidation sites excluding steroid dienone is 3. The van der Waals surface area contributed by atoms with E-state index in [2.05, 4.69) is 15.5 Å². The van der Waals surface area contributed by atoms with E-state index in [-0.39, 0.29) is 11.8 Å². The van der Waals surface area contributed by atoms with Crippen molar-refractivity contribution in [3.63, 3.8) is 0 Å². The topological polar surface area (TPSA) is 97.4 Å². The molecule has 0 saturated carbocycles. The number of nitrogens with zero attached hydrogens (tertiary/aromatic N) is 1. The molecule has 0 aromatic rings. The van der Waals surface area contributed by atoms with E-state index in [9.17, 15) is 5.11 Å². The van der Waals surface area contributed by atoms with Crippen molar-refractivity contribution in [3.05, 3.63) is 47.7 Å². The van der Waals surface area contributed by atoms with Gasteiger partial charge in [-0.15, -0.1) is 0 Å². The molecule has 0 spiro atoms. The summed E-state index contributed by atoms with van der Waals surface area (Å²) in [6.07, 6.45) is 11.6. The fourth-order valence-electron chi connectivity index (χ4n) is 2.83. The molecule has 0 bridgehead atoms. The van der Waals surface area contributed by atoms with Crippen molar-refractivity contribution in [1.82, 2.24) is 15.5 Å². The van der Waals surface area contributed by atoms with Crippen molar-refractivity contribution in [2.24, 2.45) is 5.73 Å². The van der Waals surface area contributed by atoms with E-state index in [1.807, 2.05) is 27.1 Å². The van der Waals surface area contributed by atoms with Gasteiger partial charge in [0.05, 0.1) is 11.8 Å². The average molecular weight is 333 g/mol. The Morgan fingerprint density at radius 2 is 1.88 bits per heavy atom. The van der Waals surface area contributed by atoms with E-state index in [0.29, 0.717) is 5.71 Å². The molecule has 0 amide bonds. The first-order chi connectivity index (χ1) is 11.5. The Labute approximate surface area is 145 Å². The van der Waals surface area contributed by atoms with Gasteiger partial charge in [0.25, 0.3) is 0 Å². The molecular formula is C18H31N5O. The highest BCUT2D eigenvalue weighted by Gasteiger charge is 2.17. The van der Waals surface area contributed by atoms with Crippen LogP contribution in [0.3, 0.4) is 0 Å². The van der Waals surface area contributed by atoms with E-state index in [0.717, 1.165) is 24.5 Å². The van der Waals surface area contributed by atoms with E-state index in [1.165, 1.54) is 31.5 Å². The lowest BCUT2D eigenvalue weighted by Gasteiger charge is -2.31. The number of nitrogens with one attached hydrogen (secondary N) is 3. The van der Waals surface area contributed by atoms with Gasteiger partial charge in [-0.2, -0.15) is 0 Å². The average Bonchev–Trinajstić information content (AvgIpc) is 2.59. The summed E-state index contributed by atoms with van der Waals surface area (Å²) in [4.78, 5) is 2.28. The summed E-state index contributed by atoms with van der Waals surface area (Å²) in [6.45, 7) is 3.93. The molecule has 1 fully saturated rings. The molecule has 24 heavy (non-hydrogen) atoms. The zero-order valence-electron chi connectivity index (χ0n) is 15.0. The summed E-state index contributed by atoms with van der Waals surface area (Å²) in [6, 6.07) is -0.268. The quantitative estimate of drug-likeness (QED) is 0.266. The number of hydrogen-bond acceptors (Lipinski definition) is 6. The van der Waals surface area contributed by atoms with Crippen LogP contribution in [0.2, 0.25) is 0 Å². The monoisotopic (exact) mass is 333 g/mol. The number of hydrogen-bond donors (Lipinski definition) is 5. The molecule has 1 rings (SSSR count). The maximum atomic E-state index is 9.85. The van der Waals surface area contributed by atoms with Crippen molar-refractivity contribution in [3.8, 4) is 0 Å². The standard InChI is InChI=1S/C18H31N5O/c1-14(12-15(24)8-7-9-19)18(22-3)16(20)13-17(21-2)23-10-5-4-6-11-23/h7-9,12-13,18,20-22,24H,4-6,10-11,19H2,1-3H3/b9-7+,14-12+,15-8+,17-13+,20-16?. The Balaban J connectivity index is 2.90. The first-order valence-electron chi connectivity index (χ1n) is 8.39. The summed E-state index contributed by atoms with van der Waals surface area (Å²) in [7, 11) is 3.70. The van der Waals surface area contributed by atoms with Gasteiger partial charge < -0.3 is 31.8 Å². The van der Waals surface area contributed by atoms with Crippen LogP contribution in [0.15, 0.2) is 47.7 Å². The van der Waals surface area contributed by atoms with Crippen LogP contribution in [0.25, 0.3) is 0 Å². The molecule has 0 aromatic carbocycles. The van der Waals surface area contributed by atoms with Crippen LogP contribution in [-0.4, -0.2) is 48.9 Å². The predicted molar refractivity (Wildman–Crippen MR) is 101 cm³/mol. The van der Waals surface area contributed by atoms with Crippen molar-refractivity contribution in [1.29, 1.82) is 5.41 Å².